The summed E-state index contributed by atoms with van der Waals surface area (Å²) in [6, 6.07) is 0. The molecular weight excluding hydrogens is 542 g/mol. The summed E-state index contributed by atoms with van der Waals surface area (Å²) in [4.78, 5) is 0. The summed E-state index contributed by atoms with van der Waals surface area (Å²) in [5.41, 5.74) is 1.19. The van der Waals surface area contributed by atoms with Crippen LogP contribution in [0, 0.1) is 45.3 Å². The number of hydrogen-bond donors (Lipinski definition) is 0. The Morgan fingerprint density at radius 1 is 0.550 bits per heavy atom. The molecule has 0 amide bonds. The van der Waals surface area contributed by atoms with Gasteiger partial charge in [-0.15, -0.1) is 0 Å². The maximum Gasteiger partial charge on any atom is 0.673 e. The van der Waals surface area contributed by atoms with Gasteiger partial charge in [-0.05, 0) is 80.1 Å². The third kappa shape index (κ3) is 11.5. The molecule has 0 saturated heterocycles. The molecule has 3 saturated carbocycles. The molecule has 236 valence electrons. The van der Waals surface area contributed by atoms with E-state index in [-0.39, 0.29) is 10.8 Å². The lowest BCUT2D eigenvalue weighted by Gasteiger charge is -2.27. The van der Waals surface area contributed by atoms with E-state index in [1.54, 1.807) is 11.8 Å². The van der Waals surface area contributed by atoms with E-state index in [0.717, 1.165) is 13.2 Å². The van der Waals surface area contributed by atoms with Crippen LogP contribution in [0.1, 0.15) is 108 Å². The Hall–Kier alpha value is -0.770. The minimum Gasteiger partial charge on any atom is -0.418 e. The van der Waals surface area contributed by atoms with Crippen molar-refractivity contribution < 1.29 is 44.0 Å². The summed E-state index contributed by atoms with van der Waals surface area (Å²) < 4.78 is 90.5. The quantitative estimate of drug-likeness (QED) is 0.184. The van der Waals surface area contributed by atoms with Crippen molar-refractivity contribution in [3.8, 4) is 0 Å². The molecule has 4 atom stereocenters. The van der Waals surface area contributed by atoms with Crippen LogP contribution in [0.4, 0.5) is 34.5 Å². The molecule has 0 heterocycles. The first-order valence-electron chi connectivity index (χ1n) is 14.5. The zero-order valence-electron chi connectivity index (χ0n) is 26.0. The number of rotatable bonds is 4. The summed E-state index contributed by atoms with van der Waals surface area (Å²) in [6.45, 7) is 25.8. The molecule has 0 spiro atoms. The maximum atomic E-state index is 9.75. The number of halogens is 8. The van der Waals surface area contributed by atoms with Gasteiger partial charge >= 0.3 is 14.5 Å². The molecule has 12 heteroatoms. The van der Waals surface area contributed by atoms with Crippen molar-refractivity contribution in [3.63, 3.8) is 0 Å². The van der Waals surface area contributed by atoms with Crippen molar-refractivity contribution in [2.45, 2.75) is 120 Å². The van der Waals surface area contributed by atoms with Gasteiger partial charge in [0.15, 0.2) is 11.8 Å². The summed E-state index contributed by atoms with van der Waals surface area (Å²) in [6.07, 6.45) is 8.46. The smallest absolute Gasteiger partial charge is 0.418 e. The van der Waals surface area contributed by atoms with E-state index < -0.39 is 14.5 Å². The van der Waals surface area contributed by atoms with Gasteiger partial charge in [-0.1, -0.05) is 27.7 Å². The van der Waals surface area contributed by atoms with Gasteiger partial charge in [-0.25, -0.2) is 0 Å². The van der Waals surface area contributed by atoms with Gasteiger partial charge in [0.25, 0.3) is 0 Å². The van der Waals surface area contributed by atoms with Crippen LogP contribution in [-0.2, 0) is 9.47 Å². The molecular formula is C28H50B2F8O2. The first-order valence-corrected chi connectivity index (χ1v) is 14.5. The van der Waals surface area contributed by atoms with E-state index in [4.69, 9.17) is 9.47 Å². The number of fused-ring (bicyclic) bond motifs is 2. The van der Waals surface area contributed by atoms with E-state index in [2.05, 4.69) is 69.2 Å². The van der Waals surface area contributed by atoms with Crippen molar-refractivity contribution in [2.24, 2.45) is 33.5 Å². The molecule has 3 fully saturated rings. The molecule has 0 aliphatic heterocycles. The summed E-state index contributed by atoms with van der Waals surface area (Å²) >= 11 is 0. The van der Waals surface area contributed by atoms with Crippen molar-refractivity contribution in [1.29, 1.82) is 0 Å². The Morgan fingerprint density at radius 3 is 1.02 bits per heavy atom. The molecule has 40 heavy (non-hydrogen) atoms. The normalized spacial score (nSPS) is 30.8. The first kappa shape index (κ1) is 37.3. The van der Waals surface area contributed by atoms with Gasteiger partial charge in [-0.3, -0.25) is 0 Å². The van der Waals surface area contributed by atoms with Gasteiger partial charge in [-0.2, -0.15) is 0 Å². The molecule has 3 rings (SSSR count). The second-order valence-electron chi connectivity index (χ2n) is 14.1. The van der Waals surface area contributed by atoms with E-state index in [9.17, 15) is 34.5 Å². The molecule has 0 N–H and O–H groups in total. The number of hydrogen-bond acceptors (Lipinski definition) is 2. The summed E-state index contributed by atoms with van der Waals surface area (Å²) in [5, 5.41) is 0. The summed E-state index contributed by atoms with van der Waals surface area (Å²) in [5.74, 6) is 4.66. The largest absolute Gasteiger partial charge is 0.673 e. The van der Waals surface area contributed by atoms with Gasteiger partial charge < -0.3 is 44.0 Å². The van der Waals surface area contributed by atoms with E-state index in [1.165, 1.54) is 38.5 Å². The van der Waals surface area contributed by atoms with Crippen molar-refractivity contribution in [1.82, 2.24) is 0 Å². The molecule has 3 aliphatic rings. The molecule has 2 nitrogen and oxygen atoms in total. The predicted octanol–water partition coefficient (Wildman–Crippen LogP) is 10.3. The standard InChI is InChI=1S/C28H50O2.2BF4/c1-11-29-23-19-20(23)26(5,6)16-14-18-28(9,10)22-21(24(22)30-12-2)27(7,8)17-13-15-25(19,3)4;2*2-1(3,4)5/h19,22-24H,11-18H2,1-10H3;;/q+2;2*-1. The Balaban J connectivity index is 0.000000686. The highest BCUT2D eigenvalue weighted by molar-refractivity contribution is 6.50. The second-order valence-corrected chi connectivity index (χ2v) is 14.1. The van der Waals surface area contributed by atoms with Crippen molar-refractivity contribution in [3.05, 3.63) is 11.8 Å². The monoisotopic (exact) mass is 592 g/mol. The van der Waals surface area contributed by atoms with Crippen LogP contribution in [0.3, 0.4) is 0 Å². The predicted molar refractivity (Wildman–Crippen MR) is 147 cm³/mol. The lowest BCUT2D eigenvalue weighted by molar-refractivity contribution is 0.0909. The SMILES string of the molecule is CCOC1[C+]2C1C(C)(C)CCCC(C)(C)[C+]1C(OCC)C1C(C)(C)CCCC2(C)C.F[B-](F)(F)F.F[B-](F)(F)F. The molecule has 0 bridgehead atoms. The fraction of sp³-hybridized carbons (Fsp3) is 0.929. The van der Waals surface area contributed by atoms with Gasteiger partial charge in [0, 0.05) is 24.0 Å². The second kappa shape index (κ2) is 13.3. The Bertz CT molecular complexity index is 663. The zero-order valence-corrected chi connectivity index (χ0v) is 26.0. The average molecular weight is 592 g/mol. The van der Waals surface area contributed by atoms with Crippen LogP contribution in [0.25, 0.3) is 0 Å². The maximum absolute atomic E-state index is 9.75. The molecule has 0 aromatic carbocycles. The lowest BCUT2D eigenvalue weighted by Crippen LogP contribution is -2.25. The minimum absolute atomic E-state index is 0.274. The Morgan fingerprint density at radius 2 is 0.800 bits per heavy atom. The fourth-order valence-corrected chi connectivity index (χ4v) is 7.05. The zero-order chi connectivity index (χ0) is 31.5. The van der Waals surface area contributed by atoms with E-state index in [0.29, 0.717) is 34.9 Å². The van der Waals surface area contributed by atoms with Crippen LogP contribution < -0.4 is 0 Å². The van der Waals surface area contributed by atoms with Crippen molar-refractivity contribution >= 4 is 14.5 Å². The highest BCUT2D eigenvalue weighted by Gasteiger charge is 2.78. The van der Waals surface area contributed by atoms with E-state index in [1.807, 2.05) is 0 Å². The third-order valence-electron chi connectivity index (χ3n) is 8.86. The summed E-state index contributed by atoms with van der Waals surface area (Å²) in [7, 11) is -12.0. The molecule has 0 aromatic rings. The average Bonchev–Trinajstić information content (AvgIpc) is 3.58. The van der Waals surface area contributed by atoms with Crippen LogP contribution in [-0.4, -0.2) is 39.9 Å². The Kier molecular flexibility index (Phi) is 12.3. The molecule has 3 aliphatic carbocycles. The highest BCUT2D eigenvalue weighted by atomic mass is 19.5. The van der Waals surface area contributed by atoms with Crippen LogP contribution in [0.5, 0.6) is 0 Å². The van der Waals surface area contributed by atoms with Gasteiger partial charge in [0.1, 0.15) is 22.7 Å². The third-order valence-corrected chi connectivity index (χ3v) is 8.86. The highest BCUT2D eigenvalue weighted by Crippen LogP contribution is 2.67. The minimum atomic E-state index is -6.00. The van der Waals surface area contributed by atoms with Crippen LogP contribution in [0.15, 0.2) is 0 Å². The fourth-order valence-electron chi connectivity index (χ4n) is 7.05. The Labute approximate surface area is 237 Å². The topological polar surface area (TPSA) is 18.5 Å². The van der Waals surface area contributed by atoms with Crippen LogP contribution >= 0.6 is 0 Å². The van der Waals surface area contributed by atoms with Crippen LogP contribution in [0.2, 0.25) is 0 Å². The van der Waals surface area contributed by atoms with Gasteiger partial charge in [0.05, 0.1) is 0 Å². The molecule has 0 radical (unpaired) electrons. The molecule has 4 unspecified atom stereocenters. The molecule has 0 aromatic heterocycles. The number of ether oxygens (including phenoxy) is 2. The van der Waals surface area contributed by atoms with Gasteiger partial charge in [0.2, 0.25) is 12.2 Å². The first-order chi connectivity index (χ1) is 17.8. The lowest BCUT2D eigenvalue weighted by atomic mass is 9.70. The van der Waals surface area contributed by atoms with E-state index >= 15 is 0 Å². The van der Waals surface area contributed by atoms with Crippen molar-refractivity contribution in [2.75, 3.05) is 13.2 Å².